The third-order valence-electron chi connectivity index (χ3n) is 3.41. The Morgan fingerprint density at radius 2 is 1.95 bits per heavy atom. The molecule has 1 unspecified atom stereocenters. The molecule has 1 aromatic rings. The van der Waals surface area contributed by atoms with E-state index in [4.69, 9.17) is 16.3 Å². The third kappa shape index (κ3) is 3.31. The quantitative estimate of drug-likeness (QED) is 0.802. The molecule has 4 nitrogen and oxygen atoms in total. The van der Waals surface area contributed by atoms with Crippen molar-refractivity contribution in [3.8, 4) is 5.75 Å². The van der Waals surface area contributed by atoms with E-state index in [2.05, 4.69) is 0 Å². The molecule has 0 saturated carbocycles. The number of carbonyl (C=O) groups excluding carboxylic acids is 2. The van der Waals surface area contributed by atoms with Gasteiger partial charge in [0, 0.05) is 18.7 Å². The minimum atomic E-state index is -0.575. The summed E-state index contributed by atoms with van der Waals surface area (Å²) in [6.07, 6.45) is 1.52. The lowest BCUT2D eigenvalue weighted by molar-refractivity contribution is -0.136. The molecule has 1 aromatic carbocycles. The fraction of sp³-hybridized carbons (Fsp3) is 0.467. The number of ether oxygens (including phenoxy) is 1. The Labute approximate surface area is 123 Å². The topological polar surface area (TPSA) is 46.6 Å². The lowest BCUT2D eigenvalue weighted by atomic mass is 10.1. The summed E-state index contributed by atoms with van der Waals surface area (Å²) >= 11 is 6.08. The van der Waals surface area contributed by atoms with E-state index >= 15 is 0 Å². The van der Waals surface area contributed by atoms with Crippen LogP contribution in [0.2, 0.25) is 5.02 Å². The molecule has 2 rings (SSSR count). The Morgan fingerprint density at radius 1 is 1.30 bits per heavy atom. The van der Waals surface area contributed by atoms with Gasteiger partial charge in [0.15, 0.2) is 11.9 Å². The van der Waals surface area contributed by atoms with Gasteiger partial charge in [-0.25, -0.2) is 0 Å². The van der Waals surface area contributed by atoms with E-state index < -0.39 is 6.10 Å². The van der Waals surface area contributed by atoms with E-state index in [1.54, 1.807) is 25.1 Å². The van der Waals surface area contributed by atoms with Crippen LogP contribution < -0.4 is 4.74 Å². The maximum absolute atomic E-state index is 12.1. The smallest absolute Gasteiger partial charge is 0.263 e. The Balaban J connectivity index is 2.05. The van der Waals surface area contributed by atoms with Gasteiger partial charge in [-0.1, -0.05) is 11.6 Å². The van der Waals surface area contributed by atoms with Gasteiger partial charge in [0.05, 0.1) is 5.02 Å². The molecule has 1 saturated heterocycles. The van der Waals surface area contributed by atoms with Crippen molar-refractivity contribution in [1.82, 2.24) is 4.90 Å². The Bertz CT molecular complexity index is 524. The summed E-state index contributed by atoms with van der Waals surface area (Å²) < 4.78 is 5.62. The molecule has 1 fully saturated rings. The number of amides is 1. The summed E-state index contributed by atoms with van der Waals surface area (Å²) in [6.45, 7) is 4.79. The SMILES string of the molecule is CC(=O)c1ccc(OC(C)C(=O)N2CCCC2)c(Cl)c1. The molecular weight excluding hydrogens is 278 g/mol. The standard InChI is InChI=1S/C15H18ClNO3/c1-10(18)12-5-6-14(13(16)9-12)20-11(2)15(19)17-7-3-4-8-17/h5-6,9,11H,3-4,7-8H2,1-2H3. The van der Waals surface area contributed by atoms with Crippen LogP contribution in [0.5, 0.6) is 5.75 Å². The van der Waals surface area contributed by atoms with Crippen LogP contribution in [0.1, 0.15) is 37.0 Å². The van der Waals surface area contributed by atoms with Crippen molar-refractivity contribution in [3.63, 3.8) is 0 Å². The lowest BCUT2D eigenvalue weighted by Gasteiger charge is -2.21. The summed E-state index contributed by atoms with van der Waals surface area (Å²) in [7, 11) is 0. The third-order valence-corrected chi connectivity index (χ3v) is 3.70. The van der Waals surface area contributed by atoms with Gasteiger partial charge in [0.25, 0.3) is 5.91 Å². The Hall–Kier alpha value is -1.55. The largest absolute Gasteiger partial charge is 0.479 e. The highest BCUT2D eigenvalue weighted by molar-refractivity contribution is 6.32. The van der Waals surface area contributed by atoms with Crippen LogP contribution in [0, 0.1) is 0 Å². The summed E-state index contributed by atoms with van der Waals surface area (Å²) in [6, 6.07) is 4.84. The van der Waals surface area contributed by atoms with Crippen LogP contribution >= 0.6 is 11.6 Å². The molecule has 0 N–H and O–H groups in total. The maximum atomic E-state index is 12.1. The number of hydrogen-bond acceptors (Lipinski definition) is 3. The van der Waals surface area contributed by atoms with Crippen molar-refractivity contribution in [1.29, 1.82) is 0 Å². The predicted molar refractivity (Wildman–Crippen MR) is 77.4 cm³/mol. The van der Waals surface area contributed by atoms with Crippen LogP contribution in [0.4, 0.5) is 0 Å². The van der Waals surface area contributed by atoms with Gasteiger partial charge in [-0.2, -0.15) is 0 Å². The highest BCUT2D eigenvalue weighted by Crippen LogP contribution is 2.27. The van der Waals surface area contributed by atoms with Gasteiger partial charge in [-0.05, 0) is 44.9 Å². The molecule has 0 bridgehead atoms. The number of nitrogens with zero attached hydrogens (tertiary/aromatic N) is 1. The molecule has 1 heterocycles. The maximum Gasteiger partial charge on any atom is 0.263 e. The number of ketones is 1. The zero-order valence-corrected chi connectivity index (χ0v) is 12.4. The molecular formula is C15H18ClNO3. The van der Waals surface area contributed by atoms with Crippen molar-refractivity contribution in [2.75, 3.05) is 13.1 Å². The van der Waals surface area contributed by atoms with Crippen molar-refractivity contribution < 1.29 is 14.3 Å². The molecule has 1 aliphatic rings. The molecule has 0 radical (unpaired) electrons. The number of benzene rings is 1. The average molecular weight is 296 g/mol. The fourth-order valence-electron chi connectivity index (χ4n) is 2.25. The Kier molecular flexibility index (Phi) is 4.65. The second kappa shape index (κ2) is 6.27. The van der Waals surface area contributed by atoms with Gasteiger partial charge >= 0.3 is 0 Å². The number of Topliss-reactive ketones (excluding diaryl/α,β-unsaturated/α-hetero) is 1. The molecule has 0 aromatic heterocycles. The number of hydrogen-bond donors (Lipinski definition) is 0. The average Bonchev–Trinajstić information content (AvgIpc) is 2.93. The van der Waals surface area contributed by atoms with E-state index in [9.17, 15) is 9.59 Å². The molecule has 1 aliphatic heterocycles. The number of carbonyl (C=O) groups is 2. The zero-order valence-electron chi connectivity index (χ0n) is 11.7. The van der Waals surface area contributed by atoms with Crippen LogP contribution in [-0.4, -0.2) is 35.8 Å². The lowest BCUT2D eigenvalue weighted by Crippen LogP contribution is -2.38. The first-order valence-corrected chi connectivity index (χ1v) is 7.13. The molecule has 1 atom stereocenters. The summed E-state index contributed by atoms with van der Waals surface area (Å²) in [5, 5.41) is 0.346. The van der Waals surface area contributed by atoms with Crippen molar-refractivity contribution in [2.45, 2.75) is 32.8 Å². The molecule has 1 amide bonds. The first-order chi connectivity index (χ1) is 9.49. The van der Waals surface area contributed by atoms with Crippen molar-refractivity contribution in [3.05, 3.63) is 28.8 Å². The first-order valence-electron chi connectivity index (χ1n) is 6.75. The van der Waals surface area contributed by atoms with Crippen molar-refractivity contribution in [2.24, 2.45) is 0 Å². The highest BCUT2D eigenvalue weighted by atomic mass is 35.5. The number of halogens is 1. The number of likely N-dealkylation sites (tertiary alicyclic amines) is 1. The van der Waals surface area contributed by atoms with Gasteiger partial charge in [0.2, 0.25) is 0 Å². The Morgan fingerprint density at radius 3 is 2.50 bits per heavy atom. The predicted octanol–water partition coefficient (Wildman–Crippen LogP) is 2.93. The van der Waals surface area contributed by atoms with Crippen LogP contribution in [-0.2, 0) is 4.79 Å². The monoisotopic (exact) mass is 295 g/mol. The molecule has 0 spiro atoms. The molecule has 20 heavy (non-hydrogen) atoms. The molecule has 108 valence electrons. The van der Waals surface area contributed by atoms with Crippen LogP contribution in [0.25, 0.3) is 0 Å². The fourth-order valence-corrected chi connectivity index (χ4v) is 2.48. The molecule has 5 heteroatoms. The van der Waals surface area contributed by atoms with Gasteiger partial charge in [0.1, 0.15) is 5.75 Å². The first kappa shape index (κ1) is 14.9. The van der Waals surface area contributed by atoms with E-state index in [1.165, 1.54) is 6.92 Å². The second-order valence-electron chi connectivity index (χ2n) is 4.99. The second-order valence-corrected chi connectivity index (χ2v) is 5.40. The normalized spacial score (nSPS) is 16.1. The number of rotatable bonds is 4. The van der Waals surface area contributed by atoms with E-state index in [-0.39, 0.29) is 11.7 Å². The zero-order chi connectivity index (χ0) is 14.7. The van der Waals surface area contributed by atoms with Gasteiger partial charge < -0.3 is 9.64 Å². The minimum Gasteiger partial charge on any atom is -0.479 e. The summed E-state index contributed by atoms with van der Waals surface area (Å²) in [5.41, 5.74) is 0.529. The van der Waals surface area contributed by atoms with E-state index in [1.807, 2.05) is 4.90 Å². The van der Waals surface area contributed by atoms with E-state index in [0.717, 1.165) is 25.9 Å². The minimum absolute atomic E-state index is 0.0192. The van der Waals surface area contributed by atoms with Crippen LogP contribution in [0.15, 0.2) is 18.2 Å². The summed E-state index contributed by atoms with van der Waals surface area (Å²) in [4.78, 5) is 25.2. The molecule has 0 aliphatic carbocycles. The van der Waals surface area contributed by atoms with Crippen LogP contribution in [0.3, 0.4) is 0 Å². The van der Waals surface area contributed by atoms with Gasteiger partial charge in [-0.15, -0.1) is 0 Å². The summed E-state index contributed by atoms with van der Waals surface area (Å²) in [5.74, 6) is 0.352. The highest BCUT2D eigenvalue weighted by Gasteiger charge is 2.25. The van der Waals surface area contributed by atoms with Crippen molar-refractivity contribution >= 4 is 23.3 Å². The van der Waals surface area contributed by atoms with E-state index in [0.29, 0.717) is 16.3 Å². The van der Waals surface area contributed by atoms with Gasteiger partial charge in [-0.3, -0.25) is 9.59 Å².